The molecule has 1 aliphatic heterocycles. The number of nitrogens with zero attached hydrogens (tertiary/aromatic N) is 4. The summed E-state index contributed by atoms with van der Waals surface area (Å²) in [5.41, 5.74) is 6.78. The minimum Gasteiger partial charge on any atom is -0.368 e. The number of rotatable bonds is 3. The third kappa shape index (κ3) is 3.14. The van der Waals surface area contributed by atoms with E-state index in [1.165, 1.54) is 18.6 Å². The molecule has 1 aromatic heterocycles. The highest BCUT2D eigenvalue weighted by molar-refractivity contribution is 7.89. The number of fused-ring (bicyclic) bond motifs is 1. The van der Waals surface area contributed by atoms with Crippen LogP contribution in [0.4, 0.5) is 17.6 Å². The Morgan fingerprint density at radius 3 is 2.48 bits per heavy atom. The molecule has 2 bridgehead atoms. The van der Waals surface area contributed by atoms with E-state index in [1.807, 2.05) is 6.20 Å². The molecule has 1 saturated carbocycles. The largest absolute Gasteiger partial charge is 0.368 e. The zero-order valence-corrected chi connectivity index (χ0v) is 16.3. The van der Waals surface area contributed by atoms with E-state index in [9.17, 15) is 8.42 Å². The second-order valence-electron chi connectivity index (χ2n) is 7.62. The first-order chi connectivity index (χ1) is 13.9. The Morgan fingerprint density at radius 1 is 1.07 bits per heavy atom. The number of nitrogens with two attached hydrogens (primary N) is 2. The highest BCUT2D eigenvalue weighted by Crippen LogP contribution is 2.47. The van der Waals surface area contributed by atoms with Gasteiger partial charge in [0.25, 0.3) is 0 Å². The van der Waals surface area contributed by atoms with E-state index in [0.29, 0.717) is 29.4 Å². The molecule has 0 radical (unpaired) electrons. The molecular weight excluding hydrogens is 390 g/mol. The SMILES string of the molecule is Nc1nc(Nc2ccc(S(N)(=O)=O)cc2)nn1C1=NC=CC2C3C=CC(CC3)C12. The van der Waals surface area contributed by atoms with Crippen LogP contribution in [0, 0.1) is 23.7 Å². The first kappa shape index (κ1) is 18.1. The second-order valence-corrected chi connectivity index (χ2v) is 9.18. The van der Waals surface area contributed by atoms with Gasteiger partial charge >= 0.3 is 0 Å². The van der Waals surface area contributed by atoms with Crippen molar-refractivity contribution in [3.05, 3.63) is 48.7 Å². The number of nitrogens with one attached hydrogen (secondary N) is 1. The van der Waals surface area contributed by atoms with Crippen molar-refractivity contribution in [2.24, 2.45) is 33.8 Å². The lowest BCUT2D eigenvalue weighted by Gasteiger charge is -2.45. The van der Waals surface area contributed by atoms with Crippen LogP contribution >= 0.6 is 0 Å². The van der Waals surface area contributed by atoms with Crippen LogP contribution in [0.15, 0.2) is 58.6 Å². The molecule has 0 spiro atoms. The number of aromatic nitrogens is 3. The van der Waals surface area contributed by atoms with Gasteiger partial charge in [0, 0.05) is 17.8 Å². The Labute approximate surface area is 168 Å². The zero-order valence-electron chi connectivity index (χ0n) is 15.5. The number of anilines is 3. The minimum absolute atomic E-state index is 0.0378. The van der Waals surface area contributed by atoms with Crippen LogP contribution in [0.25, 0.3) is 0 Å². The molecule has 4 unspecified atom stereocenters. The van der Waals surface area contributed by atoms with Crippen molar-refractivity contribution in [1.29, 1.82) is 0 Å². The average molecular weight is 411 g/mol. The summed E-state index contributed by atoms with van der Waals surface area (Å²) in [6.07, 6.45) is 11.0. The maximum Gasteiger partial charge on any atom is 0.248 e. The molecule has 3 aliphatic carbocycles. The quantitative estimate of drug-likeness (QED) is 0.658. The third-order valence-corrected chi connectivity index (χ3v) is 6.84. The van der Waals surface area contributed by atoms with Crippen molar-refractivity contribution in [1.82, 2.24) is 14.8 Å². The molecule has 1 fully saturated rings. The van der Waals surface area contributed by atoms with Crippen LogP contribution in [-0.2, 0) is 10.0 Å². The number of nitrogen functional groups attached to an aromatic ring is 1. The molecular formula is C19H21N7O2S. The van der Waals surface area contributed by atoms with Crippen molar-refractivity contribution in [2.45, 2.75) is 17.7 Å². The van der Waals surface area contributed by atoms with Crippen molar-refractivity contribution >= 4 is 33.4 Å². The molecule has 9 nitrogen and oxygen atoms in total. The normalized spacial score (nSPS) is 27.6. The molecule has 4 atom stereocenters. The summed E-state index contributed by atoms with van der Waals surface area (Å²) in [6.45, 7) is 0. The van der Waals surface area contributed by atoms with Gasteiger partial charge in [0.2, 0.25) is 21.9 Å². The van der Waals surface area contributed by atoms with Crippen LogP contribution < -0.4 is 16.2 Å². The Balaban J connectivity index is 1.42. The lowest BCUT2D eigenvalue weighted by molar-refractivity contribution is 0.206. The maximum atomic E-state index is 11.4. The van der Waals surface area contributed by atoms with Gasteiger partial charge in [0.15, 0.2) is 0 Å². The molecule has 0 saturated heterocycles. The molecule has 10 heteroatoms. The standard InChI is InChI=1S/C19H21N7O2S/c20-18-24-19(23-13-5-7-14(8-6-13)29(21,27)28)25-26(18)17-16-12-3-1-11(2-4-12)15(16)9-10-22-17/h1,3,5-12,15-16H,2,4H2,(H2,21,27,28)(H3,20,23,24,25). The van der Waals surface area contributed by atoms with Crippen LogP contribution in [0.5, 0.6) is 0 Å². The lowest BCUT2D eigenvalue weighted by atomic mass is 9.61. The van der Waals surface area contributed by atoms with Gasteiger partial charge < -0.3 is 11.1 Å². The topological polar surface area (TPSA) is 141 Å². The molecule has 2 heterocycles. The fraction of sp³-hybridized carbons (Fsp3) is 0.316. The number of sulfonamides is 1. The predicted molar refractivity (Wildman–Crippen MR) is 110 cm³/mol. The smallest absolute Gasteiger partial charge is 0.248 e. The van der Waals surface area contributed by atoms with Crippen LogP contribution in [-0.4, -0.2) is 29.0 Å². The minimum atomic E-state index is -3.74. The van der Waals surface area contributed by atoms with E-state index in [1.54, 1.807) is 16.8 Å². The van der Waals surface area contributed by atoms with Gasteiger partial charge in [-0.3, -0.25) is 0 Å². The molecule has 150 valence electrons. The van der Waals surface area contributed by atoms with Gasteiger partial charge in [0.1, 0.15) is 5.84 Å². The molecule has 0 amide bonds. The van der Waals surface area contributed by atoms with Gasteiger partial charge in [0.05, 0.1) is 4.90 Å². The summed E-state index contributed by atoms with van der Waals surface area (Å²) in [6, 6.07) is 6.03. The zero-order chi connectivity index (χ0) is 20.2. The van der Waals surface area contributed by atoms with Crippen molar-refractivity contribution in [3.63, 3.8) is 0 Å². The fourth-order valence-electron chi connectivity index (χ4n) is 4.56. The van der Waals surface area contributed by atoms with E-state index in [4.69, 9.17) is 10.9 Å². The Hall–Kier alpha value is -2.98. The molecule has 1 aromatic carbocycles. The number of hydrogen-bond donors (Lipinski definition) is 3. The highest BCUT2D eigenvalue weighted by Gasteiger charge is 2.44. The second kappa shape index (κ2) is 6.53. The third-order valence-electron chi connectivity index (χ3n) is 5.91. The number of benzene rings is 1. The van der Waals surface area contributed by atoms with Gasteiger partial charge in [-0.2, -0.15) is 9.67 Å². The lowest BCUT2D eigenvalue weighted by Crippen LogP contribution is -2.44. The van der Waals surface area contributed by atoms with E-state index in [0.717, 1.165) is 12.3 Å². The maximum absolute atomic E-state index is 11.4. The predicted octanol–water partition coefficient (Wildman–Crippen LogP) is 1.85. The van der Waals surface area contributed by atoms with E-state index in [2.05, 4.69) is 38.6 Å². The molecule has 4 aliphatic rings. The highest BCUT2D eigenvalue weighted by atomic mass is 32.2. The Bertz CT molecular complexity index is 1150. The molecule has 2 aromatic rings. The van der Waals surface area contributed by atoms with Crippen LogP contribution in [0.1, 0.15) is 12.8 Å². The average Bonchev–Trinajstić information content (AvgIpc) is 3.08. The summed E-state index contributed by atoms with van der Waals surface area (Å²) in [5.74, 6) is 3.01. The van der Waals surface area contributed by atoms with Crippen molar-refractivity contribution in [3.8, 4) is 0 Å². The van der Waals surface area contributed by atoms with Gasteiger partial charge in [-0.05, 0) is 54.9 Å². The number of aliphatic imine (C=N–C) groups is 1. The summed E-state index contributed by atoms with van der Waals surface area (Å²) >= 11 is 0. The van der Waals surface area contributed by atoms with Gasteiger partial charge in [-0.15, -0.1) is 5.10 Å². The Kier molecular flexibility index (Phi) is 4.07. The molecule has 29 heavy (non-hydrogen) atoms. The summed E-state index contributed by atoms with van der Waals surface area (Å²) in [4.78, 5) is 8.94. The Morgan fingerprint density at radius 2 is 1.79 bits per heavy atom. The van der Waals surface area contributed by atoms with E-state index in [-0.39, 0.29) is 16.8 Å². The summed E-state index contributed by atoms with van der Waals surface area (Å²) in [5, 5.41) is 12.7. The van der Waals surface area contributed by atoms with Crippen LogP contribution in [0.2, 0.25) is 0 Å². The first-order valence-electron chi connectivity index (χ1n) is 9.45. The monoisotopic (exact) mass is 411 g/mol. The van der Waals surface area contributed by atoms with E-state index < -0.39 is 10.0 Å². The van der Waals surface area contributed by atoms with Gasteiger partial charge in [-0.25, -0.2) is 18.5 Å². The summed E-state index contributed by atoms with van der Waals surface area (Å²) < 4.78 is 24.4. The fourth-order valence-corrected chi connectivity index (χ4v) is 5.08. The van der Waals surface area contributed by atoms with Crippen molar-refractivity contribution in [2.75, 3.05) is 11.1 Å². The van der Waals surface area contributed by atoms with Gasteiger partial charge in [-0.1, -0.05) is 18.2 Å². The summed E-state index contributed by atoms with van der Waals surface area (Å²) in [7, 11) is -3.74. The first-order valence-corrected chi connectivity index (χ1v) is 11.0. The molecule has 5 N–H and O–H groups in total. The van der Waals surface area contributed by atoms with Crippen LogP contribution in [0.3, 0.4) is 0 Å². The molecule has 6 rings (SSSR count). The van der Waals surface area contributed by atoms with E-state index >= 15 is 0 Å². The number of hydrogen-bond acceptors (Lipinski definition) is 7. The number of primary sulfonamides is 1. The number of allylic oxidation sites excluding steroid dienone is 3. The van der Waals surface area contributed by atoms with Crippen molar-refractivity contribution < 1.29 is 8.42 Å².